The van der Waals surface area contributed by atoms with Crippen molar-refractivity contribution in [1.29, 1.82) is 0 Å². The van der Waals surface area contributed by atoms with Crippen molar-refractivity contribution in [2.75, 3.05) is 11.9 Å². The number of hydrogen-bond acceptors (Lipinski definition) is 3. The third kappa shape index (κ3) is 4.64. The molecule has 5 nitrogen and oxygen atoms in total. The number of nitrogens with zero attached hydrogens (tertiary/aromatic N) is 2. The van der Waals surface area contributed by atoms with Crippen molar-refractivity contribution in [2.45, 2.75) is 13.3 Å². The molecule has 5 rings (SSSR count). The van der Waals surface area contributed by atoms with Gasteiger partial charge in [-0.2, -0.15) is 5.10 Å². The lowest BCUT2D eigenvalue weighted by molar-refractivity contribution is -0.134. The molecule has 0 atom stereocenters. The van der Waals surface area contributed by atoms with Gasteiger partial charge in [0.2, 0.25) is 0 Å². The predicted molar refractivity (Wildman–Crippen MR) is 145 cm³/mol. The molecule has 178 valence electrons. The van der Waals surface area contributed by atoms with Crippen LogP contribution in [-0.4, -0.2) is 27.4 Å². The number of carbonyl (C=O) groups is 1. The second-order valence-electron chi connectivity index (χ2n) is 8.51. The number of anilines is 1. The average Bonchev–Trinajstić information content (AvgIpc) is 3.32. The number of carboxylic acids is 1. The highest BCUT2D eigenvalue weighted by molar-refractivity contribution is 5.85. The monoisotopic (exact) mass is 473 g/mol. The van der Waals surface area contributed by atoms with E-state index in [4.69, 9.17) is 10.2 Å². The van der Waals surface area contributed by atoms with E-state index in [9.17, 15) is 4.79 Å². The molecule has 0 amide bonds. The van der Waals surface area contributed by atoms with Gasteiger partial charge in [0.25, 0.3) is 0 Å². The van der Waals surface area contributed by atoms with Crippen molar-refractivity contribution in [3.8, 4) is 39.2 Å². The molecule has 4 aromatic carbocycles. The van der Waals surface area contributed by atoms with E-state index in [2.05, 4.69) is 65.5 Å². The number of para-hydroxylation sites is 1. The number of aromatic nitrogens is 2. The molecule has 36 heavy (non-hydrogen) atoms. The Kier molecular flexibility index (Phi) is 6.63. The molecule has 0 fully saturated rings. The fourth-order valence-electron chi connectivity index (χ4n) is 4.56. The summed E-state index contributed by atoms with van der Waals surface area (Å²) < 4.78 is 2.07. The lowest BCUT2D eigenvalue weighted by Gasteiger charge is -2.14. The minimum Gasteiger partial charge on any atom is -0.480 e. The van der Waals surface area contributed by atoms with Crippen molar-refractivity contribution >= 4 is 11.7 Å². The normalized spacial score (nSPS) is 10.8. The standard InChI is InChI=1S/C31H27N3O2/c1-2-27-30(22-12-5-3-6-13-22)31(23-14-7-4-8-15-23)33-34(27)28-19-10-9-18-26(28)24-16-11-17-25(20-24)32-21-29(35)36/h3-20,32H,2,21H2,1H3,(H,35,36). The Hall–Kier alpha value is -4.64. The van der Waals surface area contributed by atoms with Gasteiger partial charge in [-0.15, -0.1) is 0 Å². The van der Waals surface area contributed by atoms with Crippen LogP contribution in [-0.2, 0) is 11.2 Å². The maximum Gasteiger partial charge on any atom is 0.322 e. The van der Waals surface area contributed by atoms with Crippen LogP contribution >= 0.6 is 0 Å². The zero-order valence-electron chi connectivity index (χ0n) is 20.1. The van der Waals surface area contributed by atoms with Gasteiger partial charge < -0.3 is 10.4 Å². The molecule has 0 saturated heterocycles. The number of hydrogen-bond donors (Lipinski definition) is 2. The first-order valence-corrected chi connectivity index (χ1v) is 12.0. The second-order valence-corrected chi connectivity index (χ2v) is 8.51. The lowest BCUT2D eigenvalue weighted by Crippen LogP contribution is -2.12. The Bertz CT molecular complexity index is 1490. The van der Waals surface area contributed by atoms with Crippen molar-refractivity contribution < 1.29 is 9.90 Å². The summed E-state index contributed by atoms with van der Waals surface area (Å²) in [5.74, 6) is -0.896. The number of carboxylic acid groups (broad SMARTS) is 1. The molecular weight excluding hydrogens is 446 g/mol. The van der Waals surface area contributed by atoms with E-state index in [1.165, 1.54) is 0 Å². The van der Waals surface area contributed by atoms with E-state index >= 15 is 0 Å². The summed E-state index contributed by atoms with van der Waals surface area (Å²) in [7, 11) is 0. The second kappa shape index (κ2) is 10.3. The van der Waals surface area contributed by atoms with Gasteiger partial charge in [-0.1, -0.05) is 97.9 Å². The largest absolute Gasteiger partial charge is 0.480 e. The maximum absolute atomic E-state index is 11.0. The Balaban J connectivity index is 1.70. The lowest BCUT2D eigenvalue weighted by atomic mass is 9.97. The number of aliphatic carboxylic acids is 1. The molecule has 0 spiro atoms. The Morgan fingerprint density at radius 1 is 0.806 bits per heavy atom. The molecule has 0 unspecified atom stereocenters. The van der Waals surface area contributed by atoms with E-state index in [0.29, 0.717) is 0 Å². The highest BCUT2D eigenvalue weighted by Gasteiger charge is 2.22. The van der Waals surface area contributed by atoms with Crippen LogP contribution in [0.5, 0.6) is 0 Å². The Morgan fingerprint density at radius 2 is 1.44 bits per heavy atom. The molecule has 1 aromatic heterocycles. The summed E-state index contributed by atoms with van der Waals surface area (Å²) in [5, 5.41) is 17.2. The summed E-state index contributed by atoms with van der Waals surface area (Å²) in [6, 6.07) is 36.8. The number of rotatable bonds is 8. The Labute approximate surface area is 210 Å². The molecule has 0 bridgehead atoms. The minimum absolute atomic E-state index is 0.134. The average molecular weight is 474 g/mol. The molecule has 2 N–H and O–H groups in total. The van der Waals surface area contributed by atoms with Gasteiger partial charge in [0.15, 0.2) is 0 Å². The van der Waals surface area contributed by atoms with E-state index < -0.39 is 5.97 Å². The van der Waals surface area contributed by atoms with Crippen molar-refractivity contribution in [3.63, 3.8) is 0 Å². The van der Waals surface area contributed by atoms with Crippen LogP contribution in [0.25, 0.3) is 39.2 Å². The Morgan fingerprint density at radius 3 is 2.14 bits per heavy atom. The van der Waals surface area contributed by atoms with Crippen LogP contribution in [0, 0.1) is 0 Å². The summed E-state index contributed by atoms with van der Waals surface area (Å²) in [6.07, 6.45) is 0.804. The highest BCUT2D eigenvalue weighted by Crippen LogP contribution is 2.38. The molecule has 0 saturated carbocycles. The molecule has 0 aliphatic heterocycles. The van der Waals surface area contributed by atoms with E-state index in [1.807, 2.05) is 60.7 Å². The highest BCUT2D eigenvalue weighted by atomic mass is 16.4. The first-order valence-electron chi connectivity index (χ1n) is 12.0. The number of nitrogens with one attached hydrogen (secondary N) is 1. The third-order valence-corrected chi connectivity index (χ3v) is 6.18. The van der Waals surface area contributed by atoms with Crippen molar-refractivity contribution in [1.82, 2.24) is 9.78 Å². The first kappa shape index (κ1) is 23.1. The molecular formula is C31H27N3O2. The fraction of sp³-hybridized carbons (Fsp3) is 0.0968. The van der Waals surface area contributed by atoms with Gasteiger partial charge in [-0.05, 0) is 35.7 Å². The van der Waals surface area contributed by atoms with Crippen molar-refractivity contribution in [3.05, 3.63) is 115 Å². The molecule has 0 radical (unpaired) electrons. The molecule has 0 aliphatic rings. The van der Waals surface area contributed by atoms with Crippen LogP contribution in [0.2, 0.25) is 0 Å². The zero-order chi connectivity index (χ0) is 24.9. The summed E-state index contributed by atoms with van der Waals surface area (Å²) >= 11 is 0. The predicted octanol–water partition coefficient (Wildman–Crippen LogP) is 6.93. The molecule has 5 heteroatoms. The van der Waals surface area contributed by atoms with E-state index in [-0.39, 0.29) is 6.54 Å². The van der Waals surface area contributed by atoms with Crippen LogP contribution in [0.3, 0.4) is 0 Å². The van der Waals surface area contributed by atoms with Crippen LogP contribution < -0.4 is 5.32 Å². The SMILES string of the molecule is CCc1c(-c2ccccc2)c(-c2ccccc2)nn1-c1ccccc1-c1cccc(NCC(=O)O)c1. The quantitative estimate of drug-likeness (QED) is 0.256. The van der Waals surface area contributed by atoms with Crippen LogP contribution in [0.4, 0.5) is 5.69 Å². The van der Waals surface area contributed by atoms with Crippen molar-refractivity contribution in [2.24, 2.45) is 0 Å². The van der Waals surface area contributed by atoms with Gasteiger partial charge in [0.05, 0.1) is 11.4 Å². The summed E-state index contributed by atoms with van der Waals surface area (Å²) in [6.45, 7) is 2.03. The van der Waals surface area contributed by atoms with Gasteiger partial charge in [-0.25, -0.2) is 4.68 Å². The fourth-order valence-corrected chi connectivity index (χ4v) is 4.56. The van der Waals surface area contributed by atoms with Gasteiger partial charge in [-0.3, -0.25) is 4.79 Å². The summed E-state index contributed by atoms with van der Waals surface area (Å²) in [5.41, 5.74) is 9.17. The molecule has 0 aliphatic carbocycles. The van der Waals surface area contributed by atoms with Gasteiger partial charge in [0.1, 0.15) is 12.2 Å². The van der Waals surface area contributed by atoms with Gasteiger partial charge >= 0.3 is 5.97 Å². The molecule has 1 heterocycles. The van der Waals surface area contributed by atoms with Gasteiger partial charge in [0, 0.05) is 22.4 Å². The van der Waals surface area contributed by atoms with Crippen LogP contribution in [0.15, 0.2) is 109 Å². The zero-order valence-corrected chi connectivity index (χ0v) is 20.1. The van der Waals surface area contributed by atoms with E-state index in [1.54, 1.807) is 0 Å². The maximum atomic E-state index is 11.0. The topological polar surface area (TPSA) is 67.2 Å². The number of benzene rings is 4. The minimum atomic E-state index is -0.896. The van der Waals surface area contributed by atoms with Crippen LogP contribution in [0.1, 0.15) is 12.6 Å². The summed E-state index contributed by atoms with van der Waals surface area (Å²) in [4.78, 5) is 11.0. The van der Waals surface area contributed by atoms with E-state index in [0.717, 1.165) is 57.0 Å². The third-order valence-electron chi connectivity index (χ3n) is 6.18. The first-order chi connectivity index (χ1) is 17.7. The molecule has 5 aromatic rings. The smallest absolute Gasteiger partial charge is 0.322 e.